The number of hydrogen-bond acceptors (Lipinski definition) is 2. The van der Waals surface area contributed by atoms with Crippen molar-refractivity contribution < 1.29 is 14.0 Å². The van der Waals surface area contributed by atoms with Gasteiger partial charge in [0.25, 0.3) is 0 Å². The summed E-state index contributed by atoms with van der Waals surface area (Å²) in [5, 5.41) is 2.68. The fourth-order valence-corrected chi connectivity index (χ4v) is 2.46. The predicted molar refractivity (Wildman–Crippen MR) is 73.4 cm³/mol. The maximum absolute atomic E-state index is 13.9. The van der Waals surface area contributed by atoms with Gasteiger partial charge in [0, 0.05) is 11.3 Å². The normalized spacial score (nSPS) is 19.9. The lowest BCUT2D eigenvalue weighted by Crippen LogP contribution is -2.50. The summed E-state index contributed by atoms with van der Waals surface area (Å²) in [6, 6.07) is 3.03. The molecule has 0 spiro atoms. The van der Waals surface area contributed by atoms with Gasteiger partial charge in [-0.2, -0.15) is 0 Å². The largest absolute Gasteiger partial charge is 0.351 e. The smallest absolute Gasteiger partial charge is 0.315 e. The molecule has 1 aliphatic rings. The Kier molecular flexibility index (Phi) is 3.92. The number of nitrogens with zero attached hydrogens (tertiary/aromatic N) is 1. The van der Waals surface area contributed by atoms with Gasteiger partial charge in [-0.3, -0.25) is 4.79 Å². The van der Waals surface area contributed by atoms with E-state index in [9.17, 15) is 14.0 Å². The summed E-state index contributed by atoms with van der Waals surface area (Å²) < 4.78 is 13.9. The predicted octanol–water partition coefficient (Wildman–Crippen LogP) is 2.07. The fourth-order valence-electron chi connectivity index (χ4n) is 2.46. The van der Waals surface area contributed by atoms with Crippen LogP contribution in [0.25, 0.3) is 0 Å². The number of urea groups is 1. The monoisotopic (exact) mass is 279 g/mol. The maximum atomic E-state index is 13.9. The Morgan fingerprint density at radius 2 is 2.30 bits per heavy atom. The van der Waals surface area contributed by atoms with Crippen molar-refractivity contribution in [2.24, 2.45) is 11.7 Å². The number of anilines is 1. The molecule has 0 saturated heterocycles. The van der Waals surface area contributed by atoms with E-state index >= 15 is 0 Å². The van der Waals surface area contributed by atoms with Crippen LogP contribution in [0.15, 0.2) is 18.2 Å². The highest BCUT2D eigenvalue weighted by Crippen LogP contribution is 2.28. The quantitative estimate of drug-likeness (QED) is 0.869. The average molecular weight is 279 g/mol. The molecule has 1 heterocycles. The third-order valence-electron chi connectivity index (χ3n) is 3.78. The van der Waals surface area contributed by atoms with Gasteiger partial charge in [-0.15, -0.1) is 0 Å². The molecule has 0 bridgehead atoms. The molecule has 1 aromatic rings. The van der Waals surface area contributed by atoms with Crippen LogP contribution in [-0.2, 0) is 11.3 Å². The van der Waals surface area contributed by atoms with Crippen LogP contribution in [0.3, 0.4) is 0 Å². The summed E-state index contributed by atoms with van der Waals surface area (Å²) in [4.78, 5) is 25.2. The molecular weight excluding hydrogens is 261 g/mol. The first-order valence-electron chi connectivity index (χ1n) is 6.60. The lowest BCUT2D eigenvalue weighted by Gasteiger charge is -2.30. The molecule has 108 valence electrons. The molecule has 0 aliphatic carbocycles. The standard InChI is InChI=1S/C14H18FN3O2/c1-3-8(2)12-13(19)17-11-6-4-5-10(15)9(11)7-18(12)14(16)20/h4-6,8,12H,3,7H2,1-2H3,(H2,16,20)(H,17,19)/t8-,12-/m0/s1. The highest BCUT2D eigenvalue weighted by molar-refractivity contribution is 5.98. The first-order valence-corrected chi connectivity index (χ1v) is 6.60. The minimum Gasteiger partial charge on any atom is -0.351 e. The lowest BCUT2D eigenvalue weighted by molar-refractivity contribution is -0.121. The second-order valence-corrected chi connectivity index (χ2v) is 5.05. The minimum absolute atomic E-state index is 0.00884. The van der Waals surface area contributed by atoms with E-state index in [1.807, 2.05) is 13.8 Å². The van der Waals surface area contributed by atoms with Crippen molar-refractivity contribution in [1.82, 2.24) is 4.90 Å². The molecule has 5 nitrogen and oxygen atoms in total. The second-order valence-electron chi connectivity index (χ2n) is 5.05. The Balaban J connectivity index is 2.48. The number of fused-ring (bicyclic) bond motifs is 1. The van der Waals surface area contributed by atoms with Crippen LogP contribution in [0.5, 0.6) is 0 Å². The lowest BCUT2D eigenvalue weighted by atomic mass is 9.97. The van der Waals surface area contributed by atoms with Gasteiger partial charge in [-0.1, -0.05) is 26.3 Å². The zero-order chi connectivity index (χ0) is 14.9. The van der Waals surface area contributed by atoms with Gasteiger partial charge in [-0.05, 0) is 18.1 Å². The second kappa shape index (κ2) is 5.48. The molecule has 2 atom stereocenters. The number of benzene rings is 1. The van der Waals surface area contributed by atoms with Gasteiger partial charge in [-0.25, -0.2) is 9.18 Å². The SMILES string of the molecule is CC[C@H](C)[C@H]1C(=O)Nc2cccc(F)c2CN1C(N)=O. The Morgan fingerprint density at radius 1 is 1.60 bits per heavy atom. The third-order valence-corrected chi connectivity index (χ3v) is 3.78. The van der Waals surface area contributed by atoms with Crippen molar-refractivity contribution in [3.8, 4) is 0 Å². The first kappa shape index (κ1) is 14.3. The van der Waals surface area contributed by atoms with Gasteiger partial charge in [0.2, 0.25) is 5.91 Å². The molecule has 0 radical (unpaired) electrons. The van der Waals surface area contributed by atoms with Crippen molar-refractivity contribution in [3.63, 3.8) is 0 Å². The van der Waals surface area contributed by atoms with Gasteiger partial charge >= 0.3 is 6.03 Å². The van der Waals surface area contributed by atoms with Crippen molar-refractivity contribution in [2.45, 2.75) is 32.9 Å². The number of carbonyl (C=O) groups excluding carboxylic acids is 2. The van der Waals surface area contributed by atoms with E-state index in [1.54, 1.807) is 6.07 Å². The molecule has 2 rings (SSSR count). The Bertz CT molecular complexity index is 547. The highest BCUT2D eigenvalue weighted by atomic mass is 19.1. The van der Waals surface area contributed by atoms with Gasteiger partial charge in [0.15, 0.2) is 0 Å². The van der Waals surface area contributed by atoms with E-state index < -0.39 is 17.9 Å². The molecular formula is C14H18FN3O2. The summed E-state index contributed by atoms with van der Waals surface area (Å²) in [7, 11) is 0. The van der Waals surface area contributed by atoms with Crippen LogP contribution in [0.1, 0.15) is 25.8 Å². The number of amides is 3. The number of carbonyl (C=O) groups is 2. The van der Waals surface area contributed by atoms with Crippen LogP contribution < -0.4 is 11.1 Å². The van der Waals surface area contributed by atoms with Crippen molar-refractivity contribution in [2.75, 3.05) is 5.32 Å². The summed E-state index contributed by atoms with van der Waals surface area (Å²) in [6.45, 7) is 3.79. The Morgan fingerprint density at radius 3 is 2.90 bits per heavy atom. The van der Waals surface area contributed by atoms with Crippen LogP contribution >= 0.6 is 0 Å². The van der Waals surface area contributed by atoms with Crippen LogP contribution in [0, 0.1) is 11.7 Å². The summed E-state index contributed by atoms with van der Waals surface area (Å²) in [5.74, 6) is -0.860. The van der Waals surface area contributed by atoms with E-state index in [1.165, 1.54) is 17.0 Å². The number of halogens is 1. The molecule has 6 heteroatoms. The summed E-state index contributed by atoms with van der Waals surface area (Å²) >= 11 is 0. The molecule has 1 aromatic carbocycles. The van der Waals surface area contributed by atoms with E-state index in [2.05, 4.69) is 5.32 Å². The Labute approximate surface area is 116 Å². The van der Waals surface area contributed by atoms with E-state index in [4.69, 9.17) is 5.73 Å². The Hall–Kier alpha value is -2.11. The third kappa shape index (κ3) is 2.45. The zero-order valence-corrected chi connectivity index (χ0v) is 11.5. The fraction of sp³-hybridized carbons (Fsp3) is 0.429. The highest BCUT2D eigenvalue weighted by Gasteiger charge is 2.36. The van der Waals surface area contributed by atoms with Crippen LogP contribution in [0.2, 0.25) is 0 Å². The number of primary amides is 1. The zero-order valence-electron chi connectivity index (χ0n) is 11.5. The molecule has 3 N–H and O–H groups in total. The van der Waals surface area contributed by atoms with Crippen LogP contribution in [0.4, 0.5) is 14.9 Å². The van der Waals surface area contributed by atoms with Crippen molar-refractivity contribution in [1.29, 1.82) is 0 Å². The molecule has 0 saturated carbocycles. The molecule has 3 amide bonds. The topological polar surface area (TPSA) is 75.4 Å². The molecule has 1 aliphatic heterocycles. The van der Waals surface area contributed by atoms with E-state index in [0.29, 0.717) is 12.1 Å². The number of rotatable bonds is 2. The molecule has 0 unspecified atom stereocenters. The van der Waals surface area contributed by atoms with Gasteiger partial charge in [0.05, 0.1) is 6.54 Å². The van der Waals surface area contributed by atoms with E-state index in [-0.39, 0.29) is 23.9 Å². The van der Waals surface area contributed by atoms with Crippen molar-refractivity contribution >= 4 is 17.6 Å². The summed E-state index contributed by atoms with van der Waals surface area (Å²) in [5.41, 5.74) is 6.05. The van der Waals surface area contributed by atoms with Crippen molar-refractivity contribution in [3.05, 3.63) is 29.6 Å². The number of nitrogens with two attached hydrogens (primary N) is 1. The van der Waals surface area contributed by atoms with Gasteiger partial charge in [0.1, 0.15) is 11.9 Å². The average Bonchev–Trinajstić information content (AvgIpc) is 2.55. The first-order chi connectivity index (χ1) is 9.45. The minimum atomic E-state index is -0.721. The molecule has 0 aromatic heterocycles. The van der Waals surface area contributed by atoms with Crippen LogP contribution in [-0.4, -0.2) is 22.9 Å². The van der Waals surface area contributed by atoms with Gasteiger partial charge < -0.3 is 16.0 Å². The molecule has 0 fully saturated rings. The van der Waals surface area contributed by atoms with E-state index in [0.717, 1.165) is 0 Å². The maximum Gasteiger partial charge on any atom is 0.315 e. The number of nitrogens with one attached hydrogen (secondary N) is 1. The summed E-state index contributed by atoms with van der Waals surface area (Å²) in [6.07, 6.45) is 0.709. The number of hydrogen-bond donors (Lipinski definition) is 2. The molecule has 20 heavy (non-hydrogen) atoms.